The summed E-state index contributed by atoms with van der Waals surface area (Å²) in [5, 5.41) is 2.72. The number of halogens is 1. The Morgan fingerprint density at radius 1 is 1.50 bits per heavy atom. The van der Waals surface area contributed by atoms with Crippen molar-refractivity contribution in [1.82, 2.24) is 5.32 Å². The number of rotatable bonds is 2. The molecule has 1 heterocycles. The highest BCUT2D eigenvalue weighted by molar-refractivity contribution is 9.10. The third-order valence-electron chi connectivity index (χ3n) is 1.96. The van der Waals surface area contributed by atoms with Crippen LogP contribution in [-0.4, -0.2) is 18.3 Å². The van der Waals surface area contributed by atoms with Gasteiger partial charge in [-0.25, -0.2) is 0 Å². The molecule has 1 aromatic rings. The molecule has 1 N–H and O–H groups in total. The Morgan fingerprint density at radius 3 is 3.00 bits per heavy atom. The highest BCUT2D eigenvalue weighted by Crippen LogP contribution is 2.12. The maximum absolute atomic E-state index is 10.9. The molecule has 0 aliphatic carbocycles. The second-order valence-corrected chi connectivity index (χ2v) is 4.03. The van der Waals surface area contributed by atoms with Gasteiger partial charge in [0.05, 0.1) is 0 Å². The summed E-state index contributed by atoms with van der Waals surface area (Å²) in [4.78, 5) is 15.0. The van der Waals surface area contributed by atoms with Crippen LogP contribution < -0.4 is 5.32 Å². The normalized spacial score (nSPS) is 15.2. The lowest BCUT2D eigenvalue weighted by molar-refractivity contribution is -0.117. The van der Waals surface area contributed by atoms with Gasteiger partial charge >= 0.3 is 0 Å². The number of amidine groups is 1. The lowest BCUT2D eigenvalue weighted by Gasteiger charge is -2.01. The zero-order valence-electron chi connectivity index (χ0n) is 7.46. The number of hydrogen-bond donors (Lipinski definition) is 1. The number of nitrogens with one attached hydrogen (secondary N) is 1. The van der Waals surface area contributed by atoms with Gasteiger partial charge in [0.25, 0.3) is 0 Å². The highest BCUT2D eigenvalue weighted by atomic mass is 79.9. The molecule has 1 aliphatic rings. The van der Waals surface area contributed by atoms with Gasteiger partial charge in [-0.1, -0.05) is 28.1 Å². The Morgan fingerprint density at radius 2 is 2.36 bits per heavy atom. The minimum absolute atomic E-state index is 0.0185. The summed E-state index contributed by atoms with van der Waals surface area (Å²) in [5.74, 6) is 0.739. The van der Waals surface area contributed by atoms with Crippen molar-refractivity contribution in [2.75, 3.05) is 6.54 Å². The fourth-order valence-corrected chi connectivity index (χ4v) is 1.79. The maximum Gasteiger partial charge on any atom is 0.247 e. The lowest BCUT2D eigenvalue weighted by Crippen LogP contribution is -2.25. The Kier molecular flexibility index (Phi) is 2.63. The van der Waals surface area contributed by atoms with Crippen LogP contribution in [0.25, 0.3) is 0 Å². The van der Waals surface area contributed by atoms with Gasteiger partial charge in [0.1, 0.15) is 12.4 Å². The maximum atomic E-state index is 10.9. The second-order valence-electron chi connectivity index (χ2n) is 3.12. The molecule has 4 heteroatoms. The Bertz CT molecular complexity index is 401. The number of amides is 1. The first-order valence-electron chi connectivity index (χ1n) is 4.31. The number of aliphatic imine (C=N–C) groups is 1. The van der Waals surface area contributed by atoms with Crippen LogP contribution in [0.5, 0.6) is 0 Å². The first-order valence-corrected chi connectivity index (χ1v) is 5.11. The molecular formula is C10H9BrN2O. The summed E-state index contributed by atoms with van der Waals surface area (Å²) in [5.41, 5.74) is 1.14. The van der Waals surface area contributed by atoms with E-state index in [4.69, 9.17) is 0 Å². The highest BCUT2D eigenvalue weighted by Gasteiger charge is 2.12. The number of hydrogen-bond acceptors (Lipinski definition) is 2. The minimum atomic E-state index is -0.0185. The van der Waals surface area contributed by atoms with Gasteiger partial charge in [-0.2, -0.15) is 0 Å². The van der Waals surface area contributed by atoms with E-state index in [1.165, 1.54) is 0 Å². The van der Waals surface area contributed by atoms with Crippen LogP contribution in [-0.2, 0) is 11.2 Å². The topological polar surface area (TPSA) is 41.5 Å². The molecule has 1 aromatic carbocycles. The molecule has 0 atom stereocenters. The van der Waals surface area contributed by atoms with Crippen LogP contribution in [0, 0.1) is 0 Å². The summed E-state index contributed by atoms with van der Waals surface area (Å²) in [7, 11) is 0. The summed E-state index contributed by atoms with van der Waals surface area (Å²) in [6, 6.07) is 7.97. The zero-order valence-corrected chi connectivity index (χ0v) is 9.04. The fraction of sp³-hybridized carbons (Fsp3) is 0.200. The van der Waals surface area contributed by atoms with Crippen molar-refractivity contribution in [3.05, 3.63) is 34.3 Å². The van der Waals surface area contributed by atoms with Crippen LogP contribution in [0.4, 0.5) is 0 Å². The molecule has 0 saturated heterocycles. The molecule has 3 nitrogen and oxygen atoms in total. The predicted octanol–water partition coefficient (Wildman–Crippen LogP) is 1.52. The van der Waals surface area contributed by atoms with E-state index >= 15 is 0 Å². The van der Waals surface area contributed by atoms with E-state index in [1.54, 1.807) is 0 Å². The van der Waals surface area contributed by atoms with Crippen molar-refractivity contribution >= 4 is 27.7 Å². The fourth-order valence-electron chi connectivity index (χ4n) is 1.35. The van der Waals surface area contributed by atoms with Crippen LogP contribution in [0.2, 0.25) is 0 Å². The van der Waals surface area contributed by atoms with Gasteiger partial charge in [0.2, 0.25) is 5.91 Å². The summed E-state index contributed by atoms with van der Waals surface area (Å²) in [6.07, 6.45) is 0.686. The van der Waals surface area contributed by atoms with Gasteiger partial charge in [-0.15, -0.1) is 0 Å². The van der Waals surface area contributed by atoms with E-state index in [9.17, 15) is 4.79 Å². The van der Waals surface area contributed by atoms with E-state index in [-0.39, 0.29) is 12.5 Å². The third kappa shape index (κ3) is 2.20. The average molecular weight is 253 g/mol. The van der Waals surface area contributed by atoms with Gasteiger partial charge in [0, 0.05) is 10.9 Å². The first kappa shape index (κ1) is 9.40. The number of nitrogens with zero attached hydrogens (tertiary/aromatic N) is 1. The molecule has 72 valence electrons. The van der Waals surface area contributed by atoms with Gasteiger partial charge in [-0.05, 0) is 17.7 Å². The molecule has 14 heavy (non-hydrogen) atoms. The van der Waals surface area contributed by atoms with Crippen molar-refractivity contribution in [1.29, 1.82) is 0 Å². The van der Waals surface area contributed by atoms with Crippen molar-refractivity contribution in [3.8, 4) is 0 Å². The Balaban J connectivity index is 2.08. The van der Waals surface area contributed by atoms with Crippen LogP contribution in [0.15, 0.2) is 33.7 Å². The SMILES string of the molecule is O=C1CN=C(Cc2cccc(Br)c2)N1. The Labute approximate surface area is 90.4 Å². The molecule has 0 spiro atoms. The summed E-state index contributed by atoms with van der Waals surface area (Å²) < 4.78 is 1.04. The average Bonchev–Trinajstić information content (AvgIpc) is 2.51. The van der Waals surface area contributed by atoms with Gasteiger partial charge in [-0.3, -0.25) is 9.79 Å². The quantitative estimate of drug-likeness (QED) is 0.852. The molecule has 2 rings (SSSR count). The molecular weight excluding hydrogens is 244 g/mol. The van der Waals surface area contributed by atoms with E-state index < -0.39 is 0 Å². The van der Waals surface area contributed by atoms with Crippen LogP contribution in [0.3, 0.4) is 0 Å². The lowest BCUT2D eigenvalue weighted by atomic mass is 10.1. The van der Waals surface area contributed by atoms with E-state index in [2.05, 4.69) is 26.2 Å². The third-order valence-corrected chi connectivity index (χ3v) is 2.45. The molecule has 0 aromatic heterocycles. The molecule has 1 amide bonds. The van der Waals surface area contributed by atoms with Crippen molar-refractivity contribution < 1.29 is 4.79 Å². The first-order chi connectivity index (χ1) is 6.74. The molecule has 0 radical (unpaired) electrons. The monoisotopic (exact) mass is 252 g/mol. The molecule has 0 fully saturated rings. The summed E-state index contributed by atoms with van der Waals surface area (Å²) in [6.45, 7) is 0.267. The van der Waals surface area contributed by atoms with E-state index in [0.717, 1.165) is 15.9 Å². The molecule has 0 saturated carbocycles. The number of carbonyl (C=O) groups is 1. The van der Waals surface area contributed by atoms with Crippen molar-refractivity contribution in [3.63, 3.8) is 0 Å². The van der Waals surface area contributed by atoms with Gasteiger partial charge < -0.3 is 5.32 Å². The standard InChI is InChI=1S/C10H9BrN2O/c11-8-3-1-2-7(4-8)5-9-12-6-10(14)13-9/h1-4H,5-6H2,(H,12,13,14). The molecule has 0 bridgehead atoms. The number of carbonyl (C=O) groups excluding carboxylic acids is 1. The van der Waals surface area contributed by atoms with E-state index in [1.807, 2.05) is 24.3 Å². The summed E-state index contributed by atoms with van der Waals surface area (Å²) >= 11 is 3.40. The molecule has 0 unspecified atom stereocenters. The Hall–Kier alpha value is -1.16. The van der Waals surface area contributed by atoms with Crippen molar-refractivity contribution in [2.24, 2.45) is 4.99 Å². The predicted molar refractivity (Wildman–Crippen MR) is 58.3 cm³/mol. The van der Waals surface area contributed by atoms with Gasteiger partial charge in [0.15, 0.2) is 0 Å². The second kappa shape index (κ2) is 3.92. The minimum Gasteiger partial charge on any atom is -0.313 e. The number of benzene rings is 1. The molecule has 1 aliphatic heterocycles. The van der Waals surface area contributed by atoms with Crippen molar-refractivity contribution in [2.45, 2.75) is 6.42 Å². The smallest absolute Gasteiger partial charge is 0.247 e. The largest absolute Gasteiger partial charge is 0.313 e. The zero-order chi connectivity index (χ0) is 9.97. The van der Waals surface area contributed by atoms with Crippen LogP contribution >= 0.6 is 15.9 Å². The van der Waals surface area contributed by atoms with E-state index in [0.29, 0.717) is 6.42 Å². The van der Waals surface area contributed by atoms with Crippen LogP contribution in [0.1, 0.15) is 5.56 Å².